The second-order valence-electron chi connectivity index (χ2n) is 5.99. The van der Waals surface area contributed by atoms with Gasteiger partial charge in [-0.15, -0.1) is 22.7 Å². The molecule has 0 spiro atoms. The van der Waals surface area contributed by atoms with Crippen molar-refractivity contribution >= 4 is 44.3 Å². The summed E-state index contributed by atoms with van der Waals surface area (Å²) in [5.41, 5.74) is 2.75. The van der Waals surface area contributed by atoms with E-state index in [0.29, 0.717) is 0 Å². The van der Waals surface area contributed by atoms with Crippen molar-refractivity contribution in [1.29, 1.82) is 0 Å². The molecule has 0 N–H and O–H groups in total. The molecule has 24 heavy (non-hydrogen) atoms. The van der Waals surface area contributed by atoms with E-state index in [1.807, 2.05) is 58.1 Å². The first kappa shape index (κ1) is 18.7. The van der Waals surface area contributed by atoms with Crippen LogP contribution in [0.1, 0.15) is 73.5 Å². The number of aryl methyl sites for hydroxylation is 4. The molecular weight excluding hydrogens is 372 g/mol. The predicted octanol–water partition coefficient (Wildman–Crippen LogP) is 6.96. The van der Waals surface area contributed by atoms with E-state index in [1.165, 1.54) is 94.0 Å². The summed E-state index contributed by atoms with van der Waals surface area (Å²) in [4.78, 5) is 12.8. The van der Waals surface area contributed by atoms with Crippen LogP contribution in [0, 0.1) is 0 Å². The summed E-state index contributed by atoms with van der Waals surface area (Å²) in [6.45, 7) is 4.00. The number of rotatable bonds is 3. The lowest BCUT2D eigenvalue weighted by atomic mass is 10.2. The zero-order valence-electron chi connectivity index (χ0n) is 14.6. The SMILES string of the molecule is C1CCc2nc(SSc3nc4c(s3)CCCCC4)sc2CC1.CC. The van der Waals surface area contributed by atoms with Gasteiger partial charge in [0.05, 0.1) is 11.4 Å². The van der Waals surface area contributed by atoms with Crippen LogP contribution in [0.25, 0.3) is 0 Å². The van der Waals surface area contributed by atoms with E-state index in [9.17, 15) is 0 Å². The molecule has 2 aromatic heterocycles. The largest absolute Gasteiger partial charge is 0.234 e. The van der Waals surface area contributed by atoms with Crippen molar-refractivity contribution in [3.05, 3.63) is 21.1 Å². The van der Waals surface area contributed by atoms with Crippen LogP contribution in [0.5, 0.6) is 0 Å². The highest BCUT2D eigenvalue weighted by Crippen LogP contribution is 2.43. The molecule has 0 amide bonds. The fourth-order valence-corrected chi connectivity index (χ4v) is 8.10. The number of fused-ring (bicyclic) bond motifs is 2. The Morgan fingerprint density at radius 2 is 1.04 bits per heavy atom. The Bertz CT molecular complexity index is 544. The molecule has 0 bridgehead atoms. The molecule has 0 atom stereocenters. The van der Waals surface area contributed by atoms with Crippen molar-refractivity contribution in [2.75, 3.05) is 0 Å². The van der Waals surface area contributed by atoms with Gasteiger partial charge in [-0.3, -0.25) is 0 Å². The molecule has 0 saturated heterocycles. The Kier molecular flexibility index (Phi) is 7.50. The van der Waals surface area contributed by atoms with Gasteiger partial charge in [0.25, 0.3) is 0 Å². The van der Waals surface area contributed by atoms with Crippen molar-refractivity contribution in [1.82, 2.24) is 9.97 Å². The minimum atomic E-state index is 1.18. The second-order valence-corrected chi connectivity index (χ2v) is 10.8. The average Bonchev–Trinajstić information content (AvgIpc) is 3.03. The van der Waals surface area contributed by atoms with Gasteiger partial charge in [-0.25, -0.2) is 9.97 Å². The fraction of sp³-hybridized carbons (Fsp3) is 0.667. The molecule has 2 aliphatic rings. The molecule has 6 heteroatoms. The van der Waals surface area contributed by atoms with Crippen molar-refractivity contribution in [2.24, 2.45) is 0 Å². The monoisotopic (exact) mass is 398 g/mol. The molecular formula is C18H26N2S4. The summed E-state index contributed by atoms with van der Waals surface area (Å²) < 4.78 is 2.45. The Morgan fingerprint density at radius 3 is 1.50 bits per heavy atom. The van der Waals surface area contributed by atoms with Gasteiger partial charge in [-0.1, -0.05) is 26.7 Å². The Hall–Kier alpha value is -0.0400. The molecule has 2 aliphatic carbocycles. The van der Waals surface area contributed by atoms with Gasteiger partial charge in [0.15, 0.2) is 8.68 Å². The van der Waals surface area contributed by atoms with Crippen molar-refractivity contribution in [3.63, 3.8) is 0 Å². The molecule has 0 saturated carbocycles. The zero-order valence-corrected chi connectivity index (χ0v) is 17.9. The molecule has 0 radical (unpaired) electrons. The number of thiazole rings is 2. The highest BCUT2D eigenvalue weighted by atomic mass is 33.1. The van der Waals surface area contributed by atoms with Gasteiger partial charge in [0, 0.05) is 9.75 Å². The van der Waals surface area contributed by atoms with Crippen LogP contribution in [0.15, 0.2) is 8.68 Å². The quantitative estimate of drug-likeness (QED) is 0.412. The third kappa shape index (κ3) is 4.77. The van der Waals surface area contributed by atoms with Crippen LogP contribution in [0.3, 0.4) is 0 Å². The van der Waals surface area contributed by atoms with Crippen molar-refractivity contribution < 1.29 is 0 Å². The Morgan fingerprint density at radius 1 is 0.625 bits per heavy atom. The molecule has 0 unspecified atom stereocenters. The molecule has 4 rings (SSSR count). The summed E-state index contributed by atoms with van der Waals surface area (Å²) >= 11 is 3.83. The van der Waals surface area contributed by atoms with Crippen LogP contribution in [-0.4, -0.2) is 9.97 Å². The smallest absolute Gasteiger partial charge is 0.161 e. The standard InChI is InChI=1S/C16H20N2S4.C2H6/c1-3-7-11-13(9-5-1)19-15(17-11)21-22-16-18-12-8-4-2-6-10-14(12)20-16;1-2/h1-10H2;1-2H3. The summed E-state index contributed by atoms with van der Waals surface area (Å²) in [5, 5.41) is 0. The maximum atomic E-state index is 4.86. The van der Waals surface area contributed by atoms with Gasteiger partial charge >= 0.3 is 0 Å². The molecule has 2 heterocycles. The summed E-state index contributed by atoms with van der Waals surface area (Å²) in [6.07, 6.45) is 12.9. The van der Waals surface area contributed by atoms with Crippen molar-refractivity contribution in [3.8, 4) is 0 Å². The summed E-state index contributed by atoms with van der Waals surface area (Å²) in [6, 6.07) is 0. The summed E-state index contributed by atoms with van der Waals surface area (Å²) in [5.74, 6) is 0. The van der Waals surface area contributed by atoms with Gasteiger partial charge in [0.2, 0.25) is 0 Å². The van der Waals surface area contributed by atoms with Gasteiger partial charge in [-0.05, 0) is 73.0 Å². The van der Waals surface area contributed by atoms with Crippen LogP contribution in [0.4, 0.5) is 0 Å². The number of hydrogen-bond donors (Lipinski definition) is 0. The summed E-state index contributed by atoms with van der Waals surface area (Å²) in [7, 11) is 3.63. The molecule has 132 valence electrons. The lowest BCUT2D eigenvalue weighted by Gasteiger charge is -1.94. The normalized spacial score (nSPS) is 17.1. The Balaban J connectivity index is 0.000000815. The lowest BCUT2D eigenvalue weighted by molar-refractivity contribution is 0.707. The third-order valence-electron chi connectivity index (χ3n) is 4.34. The second kappa shape index (κ2) is 9.60. The fourth-order valence-electron chi connectivity index (χ4n) is 3.15. The molecule has 0 aliphatic heterocycles. The maximum Gasteiger partial charge on any atom is 0.161 e. The molecule has 0 aromatic carbocycles. The third-order valence-corrected chi connectivity index (χ3v) is 9.62. The van der Waals surface area contributed by atoms with Crippen LogP contribution in [-0.2, 0) is 25.7 Å². The van der Waals surface area contributed by atoms with E-state index >= 15 is 0 Å². The first-order valence-electron chi connectivity index (χ1n) is 9.20. The van der Waals surface area contributed by atoms with Gasteiger partial charge < -0.3 is 0 Å². The zero-order chi connectivity index (χ0) is 16.8. The van der Waals surface area contributed by atoms with Crippen LogP contribution < -0.4 is 0 Å². The number of aromatic nitrogens is 2. The molecule has 2 aromatic rings. The van der Waals surface area contributed by atoms with Crippen molar-refractivity contribution in [2.45, 2.75) is 86.7 Å². The maximum absolute atomic E-state index is 4.86. The van der Waals surface area contributed by atoms with Gasteiger partial charge in [0.1, 0.15) is 0 Å². The average molecular weight is 399 g/mol. The van der Waals surface area contributed by atoms with Gasteiger partial charge in [-0.2, -0.15) is 0 Å². The number of hydrogen-bond acceptors (Lipinski definition) is 6. The first-order chi connectivity index (χ1) is 11.9. The lowest BCUT2D eigenvalue weighted by Crippen LogP contribution is -1.85. The number of nitrogens with zero attached hydrogens (tertiary/aromatic N) is 2. The van der Waals surface area contributed by atoms with E-state index < -0.39 is 0 Å². The van der Waals surface area contributed by atoms with E-state index in [2.05, 4.69) is 0 Å². The first-order valence-corrected chi connectivity index (χ1v) is 13.0. The van der Waals surface area contributed by atoms with Crippen LogP contribution >= 0.6 is 44.3 Å². The minimum Gasteiger partial charge on any atom is -0.234 e. The van der Waals surface area contributed by atoms with Crippen LogP contribution in [0.2, 0.25) is 0 Å². The van der Waals surface area contributed by atoms with E-state index in [4.69, 9.17) is 9.97 Å². The van der Waals surface area contributed by atoms with E-state index in [0.717, 1.165) is 0 Å². The highest BCUT2D eigenvalue weighted by Gasteiger charge is 2.17. The topological polar surface area (TPSA) is 25.8 Å². The van der Waals surface area contributed by atoms with E-state index in [1.54, 1.807) is 0 Å². The molecule has 0 fully saturated rings. The highest BCUT2D eigenvalue weighted by molar-refractivity contribution is 8.77. The molecule has 2 nitrogen and oxygen atoms in total. The Labute approximate surface area is 161 Å². The minimum absolute atomic E-state index is 1.18. The van der Waals surface area contributed by atoms with E-state index in [-0.39, 0.29) is 0 Å². The predicted molar refractivity (Wildman–Crippen MR) is 110 cm³/mol.